The van der Waals surface area contributed by atoms with Crippen LogP contribution in [0.2, 0.25) is 0 Å². The van der Waals surface area contributed by atoms with E-state index in [1.807, 2.05) is 0 Å². The molecule has 16 heavy (non-hydrogen) atoms. The Morgan fingerprint density at radius 1 is 1.31 bits per heavy atom. The minimum absolute atomic E-state index is 0.216. The highest BCUT2D eigenvalue weighted by Crippen LogP contribution is 2.06. The van der Waals surface area contributed by atoms with Crippen molar-refractivity contribution in [2.24, 2.45) is 5.92 Å². The Bertz CT molecular complexity index is 363. The molecule has 0 aromatic heterocycles. The van der Waals surface area contributed by atoms with Gasteiger partial charge in [0, 0.05) is 13.1 Å². The molecule has 0 saturated heterocycles. The Labute approximate surface area is 93.7 Å². The summed E-state index contributed by atoms with van der Waals surface area (Å²) in [4.78, 5) is 20.9. The molecule has 94 valence electrons. The third-order valence-electron chi connectivity index (χ3n) is 1.94. The number of rotatable bonds is 7. The molecule has 0 saturated carbocycles. The summed E-state index contributed by atoms with van der Waals surface area (Å²) in [7, 11) is -3.58. The van der Waals surface area contributed by atoms with E-state index in [-0.39, 0.29) is 19.5 Å². The Morgan fingerprint density at radius 2 is 1.81 bits per heavy atom. The molecule has 8 heteroatoms. The van der Waals surface area contributed by atoms with Crippen LogP contribution in [-0.2, 0) is 19.6 Å². The summed E-state index contributed by atoms with van der Waals surface area (Å²) in [5.74, 6) is -3.12. The van der Waals surface area contributed by atoms with Gasteiger partial charge in [-0.3, -0.25) is 9.59 Å². The van der Waals surface area contributed by atoms with Gasteiger partial charge < -0.3 is 10.2 Å². The SMILES string of the molecule is CC(CN(CCC(=O)O)S(C)(=O)=O)C(=O)O. The fourth-order valence-electron chi connectivity index (χ4n) is 0.996. The van der Waals surface area contributed by atoms with E-state index in [0.29, 0.717) is 0 Å². The van der Waals surface area contributed by atoms with Gasteiger partial charge in [0.1, 0.15) is 0 Å². The van der Waals surface area contributed by atoms with Gasteiger partial charge in [-0.1, -0.05) is 6.92 Å². The van der Waals surface area contributed by atoms with Crippen LogP contribution in [0, 0.1) is 5.92 Å². The van der Waals surface area contributed by atoms with Crippen molar-refractivity contribution in [2.45, 2.75) is 13.3 Å². The average Bonchev–Trinajstić information content (AvgIpc) is 2.09. The summed E-state index contributed by atoms with van der Waals surface area (Å²) in [6.07, 6.45) is 0.572. The summed E-state index contributed by atoms with van der Waals surface area (Å²) < 4.78 is 23.3. The first-order valence-electron chi connectivity index (χ1n) is 4.54. The van der Waals surface area contributed by atoms with Gasteiger partial charge in [-0.05, 0) is 0 Å². The molecule has 1 unspecified atom stereocenters. The van der Waals surface area contributed by atoms with Gasteiger partial charge >= 0.3 is 11.9 Å². The maximum absolute atomic E-state index is 11.2. The lowest BCUT2D eigenvalue weighted by Crippen LogP contribution is -2.37. The first-order valence-corrected chi connectivity index (χ1v) is 6.39. The van der Waals surface area contributed by atoms with Crippen LogP contribution >= 0.6 is 0 Å². The summed E-state index contributed by atoms with van der Waals surface area (Å²) in [6.45, 7) is 0.925. The maximum atomic E-state index is 11.2. The largest absolute Gasteiger partial charge is 0.481 e. The van der Waals surface area contributed by atoms with E-state index in [9.17, 15) is 18.0 Å². The summed E-state index contributed by atoms with van der Waals surface area (Å²) in [6, 6.07) is 0. The van der Waals surface area contributed by atoms with Crippen LogP contribution in [0.1, 0.15) is 13.3 Å². The monoisotopic (exact) mass is 253 g/mol. The van der Waals surface area contributed by atoms with E-state index in [0.717, 1.165) is 10.6 Å². The van der Waals surface area contributed by atoms with Gasteiger partial charge in [0.15, 0.2) is 0 Å². The fraction of sp³-hybridized carbons (Fsp3) is 0.750. The first kappa shape index (κ1) is 14.8. The van der Waals surface area contributed by atoms with Crippen molar-refractivity contribution >= 4 is 22.0 Å². The minimum Gasteiger partial charge on any atom is -0.481 e. The molecule has 7 nitrogen and oxygen atoms in total. The molecule has 2 N–H and O–H groups in total. The number of nitrogens with zero attached hydrogens (tertiary/aromatic N) is 1. The average molecular weight is 253 g/mol. The van der Waals surface area contributed by atoms with Crippen molar-refractivity contribution in [2.75, 3.05) is 19.3 Å². The van der Waals surface area contributed by atoms with Crippen molar-refractivity contribution in [3.63, 3.8) is 0 Å². The number of aliphatic carboxylic acids is 2. The fourth-order valence-corrected chi connectivity index (χ4v) is 1.91. The van der Waals surface area contributed by atoms with E-state index in [2.05, 4.69) is 0 Å². The van der Waals surface area contributed by atoms with E-state index >= 15 is 0 Å². The molecular formula is C8H15NO6S. The predicted octanol–water partition coefficient (Wildman–Crippen LogP) is -0.557. The molecule has 0 rings (SSSR count). The molecule has 0 aromatic rings. The molecular weight excluding hydrogens is 238 g/mol. The minimum atomic E-state index is -3.58. The molecule has 0 spiro atoms. The Kier molecular flexibility index (Phi) is 5.39. The van der Waals surface area contributed by atoms with Crippen molar-refractivity contribution in [3.8, 4) is 0 Å². The van der Waals surface area contributed by atoms with Gasteiger partial charge in [-0.25, -0.2) is 12.7 Å². The van der Waals surface area contributed by atoms with Crippen LogP contribution < -0.4 is 0 Å². The highest BCUT2D eigenvalue weighted by molar-refractivity contribution is 7.88. The zero-order valence-corrected chi connectivity index (χ0v) is 9.90. The Hall–Kier alpha value is -1.15. The molecule has 0 amide bonds. The van der Waals surface area contributed by atoms with Gasteiger partial charge in [0.2, 0.25) is 10.0 Å². The molecule has 0 radical (unpaired) electrons. The molecule has 0 aliphatic heterocycles. The lowest BCUT2D eigenvalue weighted by atomic mass is 10.2. The van der Waals surface area contributed by atoms with Crippen molar-refractivity contribution in [3.05, 3.63) is 0 Å². The molecule has 0 bridgehead atoms. The van der Waals surface area contributed by atoms with Gasteiger partial charge in [0.25, 0.3) is 0 Å². The first-order chi connectivity index (χ1) is 7.14. The number of carbonyl (C=O) groups is 2. The van der Waals surface area contributed by atoms with Gasteiger partial charge in [0.05, 0.1) is 18.6 Å². The van der Waals surface area contributed by atoms with Crippen LogP contribution in [0.15, 0.2) is 0 Å². The highest BCUT2D eigenvalue weighted by atomic mass is 32.2. The van der Waals surface area contributed by atoms with Crippen LogP contribution in [0.25, 0.3) is 0 Å². The maximum Gasteiger partial charge on any atom is 0.307 e. The van der Waals surface area contributed by atoms with E-state index < -0.39 is 27.9 Å². The standard InChI is InChI=1S/C8H15NO6S/c1-6(8(12)13)5-9(16(2,14)15)4-3-7(10)11/h6H,3-5H2,1-2H3,(H,10,11)(H,12,13). The third-order valence-corrected chi connectivity index (χ3v) is 3.21. The number of carboxylic acid groups (broad SMARTS) is 2. The Morgan fingerprint density at radius 3 is 2.12 bits per heavy atom. The number of hydrogen-bond acceptors (Lipinski definition) is 4. The molecule has 0 heterocycles. The molecule has 0 aliphatic rings. The van der Waals surface area contributed by atoms with Crippen molar-refractivity contribution < 1.29 is 28.2 Å². The number of carboxylic acids is 2. The summed E-state index contributed by atoms with van der Waals surface area (Å²) in [5, 5.41) is 17.1. The second-order valence-electron chi connectivity index (χ2n) is 3.50. The van der Waals surface area contributed by atoms with E-state index in [1.165, 1.54) is 6.92 Å². The number of hydrogen-bond donors (Lipinski definition) is 2. The van der Waals surface area contributed by atoms with Gasteiger partial charge in [-0.2, -0.15) is 0 Å². The predicted molar refractivity (Wildman–Crippen MR) is 55.5 cm³/mol. The van der Waals surface area contributed by atoms with Crippen LogP contribution in [0.3, 0.4) is 0 Å². The lowest BCUT2D eigenvalue weighted by molar-refractivity contribution is -0.141. The van der Waals surface area contributed by atoms with Crippen LogP contribution in [0.5, 0.6) is 0 Å². The Balaban J connectivity index is 4.57. The highest BCUT2D eigenvalue weighted by Gasteiger charge is 2.23. The second-order valence-corrected chi connectivity index (χ2v) is 5.49. The zero-order chi connectivity index (χ0) is 12.9. The number of sulfonamides is 1. The third kappa shape index (κ3) is 5.66. The summed E-state index contributed by atoms with van der Waals surface area (Å²) >= 11 is 0. The van der Waals surface area contributed by atoms with Gasteiger partial charge in [-0.15, -0.1) is 0 Å². The lowest BCUT2D eigenvalue weighted by Gasteiger charge is -2.20. The smallest absolute Gasteiger partial charge is 0.307 e. The molecule has 1 atom stereocenters. The zero-order valence-electron chi connectivity index (χ0n) is 9.08. The molecule has 0 aromatic carbocycles. The normalized spacial score (nSPS) is 13.7. The van der Waals surface area contributed by atoms with Crippen LogP contribution in [-0.4, -0.2) is 54.2 Å². The van der Waals surface area contributed by atoms with E-state index in [1.54, 1.807) is 0 Å². The summed E-state index contributed by atoms with van der Waals surface area (Å²) in [5.41, 5.74) is 0. The molecule has 0 fully saturated rings. The van der Waals surface area contributed by atoms with Crippen molar-refractivity contribution in [1.82, 2.24) is 4.31 Å². The second kappa shape index (κ2) is 5.80. The van der Waals surface area contributed by atoms with Crippen LogP contribution in [0.4, 0.5) is 0 Å². The van der Waals surface area contributed by atoms with E-state index in [4.69, 9.17) is 10.2 Å². The topological polar surface area (TPSA) is 112 Å². The molecule has 0 aliphatic carbocycles. The quantitative estimate of drug-likeness (QED) is 0.629. The van der Waals surface area contributed by atoms with Crippen molar-refractivity contribution in [1.29, 1.82) is 0 Å².